The summed E-state index contributed by atoms with van der Waals surface area (Å²) in [5, 5.41) is 8.85. The van der Waals surface area contributed by atoms with E-state index in [1.807, 2.05) is 0 Å². The molecule has 0 saturated carbocycles. The maximum Gasteiger partial charge on any atom is 0.417 e. The maximum absolute atomic E-state index is 12.8. The fraction of sp³-hybridized carbons (Fsp3) is 0.0769. The first-order valence-electron chi connectivity index (χ1n) is 5.24. The second-order valence-electron chi connectivity index (χ2n) is 3.80. The number of alkyl halides is 3. The summed E-state index contributed by atoms with van der Waals surface area (Å²) in [5.41, 5.74) is -0.891. The number of carboxylic acids is 1. The molecular formula is C13H8F3NO2. The van der Waals surface area contributed by atoms with Gasteiger partial charge in [-0.1, -0.05) is 12.1 Å². The van der Waals surface area contributed by atoms with Crippen molar-refractivity contribution in [1.29, 1.82) is 0 Å². The Balaban J connectivity index is 2.60. The SMILES string of the molecule is O=C(O)c1cccc(-c2cnccc2C(F)(F)F)c1. The van der Waals surface area contributed by atoms with Gasteiger partial charge in [-0.15, -0.1) is 0 Å². The van der Waals surface area contributed by atoms with Crippen molar-refractivity contribution in [2.24, 2.45) is 0 Å². The number of nitrogens with zero attached hydrogens (tertiary/aromatic N) is 1. The molecule has 1 aromatic heterocycles. The summed E-state index contributed by atoms with van der Waals surface area (Å²) in [6.45, 7) is 0. The lowest BCUT2D eigenvalue weighted by atomic mass is 10.00. The summed E-state index contributed by atoms with van der Waals surface area (Å²) >= 11 is 0. The van der Waals surface area contributed by atoms with Crippen molar-refractivity contribution in [2.45, 2.75) is 6.18 Å². The van der Waals surface area contributed by atoms with Gasteiger partial charge in [-0.05, 0) is 23.8 Å². The van der Waals surface area contributed by atoms with Crippen LogP contribution in [-0.4, -0.2) is 16.1 Å². The molecule has 1 aromatic carbocycles. The van der Waals surface area contributed by atoms with E-state index in [1.165, 1.54) is 24.3 Å². The van der Waals surface area contributed by atoms with Gasteiger partial charge in [0.15, 0.2) is 0 Å². The molecule has 0 aliphatic carbocycles. The van der Waals surface area contributed by atoms with Crippen molar-refractivity contribution < 1.29 is 23.1 Å². The van der Waals surface area contributed by atoms with E-state index in [0.29, 0.717) is 0 Å². The summed E-state index contributed by atoms with van der Waals surface area (Å²) in [6, 6.07) is 6.18. The maximum atomic E-state index is 12.8. The Labute approximate surface area is 106 Å². The molecule has 0 saturated heterocycles. The van der Waals surface area contributed by atoms with Gasteiger partial charge in [0.1, 0.15) is 0 Å². The molecule has 1 heterocycles. The van der Waals surface area contributed by atoms with Crippen molar-refractivity contribution >= 4 is 5.97 Å². The summed E-state index contributed by atoms with van der Waals surface area (Å²) in [5.74, 6) is -1.20. The molecule has 0 fully saturated rings. The van der Waals surface area contributed by atoms with Crippen LogP contribution in [0.15, 0.2) is 42.7 Å². The summed E-state index contributed by atoms with van der Waals surface area (Å²) in [4.78, 5) is 14.5. The predicted octanol–water partition coefficient (Wildman–Crippen LogP) is 3.47. The minimum absolute atomic E-state index is 0.0746. The Morgan fingerprint density at radius 1 is 1.21 bits per heavy atom. The number of aromatic carboxylic acids is 1. The van der Waals surface area contributed by atoms with E-state index in [1.54, 1.807) is 0 Å². The lowest BCUT2D eigenvalue weighted by Crippen LogP contribution is -2.07. The number of hydrogen-bond acceptors (Lipinski definition) is 2. The summed E-state index contributed by atoms with van der Waals surface area (Å²) in [7, 11) is 0. The first kappa shape index (κ1) is 13.1. The second-order valence-corrected chi connectivity index (χ2v) is 3.80. The third kappa shape index (κ3) is 2.73. The highest BCUT2D eigenvalue weighted by atomic mass is 19.4. The Kier molecular flexibility index (Phi) is 3.25. The fourth-order valence-corrected chi connectivity index (χ4v) is 1.69. The first-order valence-corrected chi connectivity index (χ1v) is 5.24. The molecule has 0 unspecified atom stereocenters. The molecule has 0 radical (unpaired) electrons. The van der Waals surface area contributed by atoms with E-state index in [0.717, 1.165) is 18.5 Å². The van der Waals surface area contributed by atoms with Crippen LogP contribution in [0.3, 0.4) is 0 Å². The summed E-state index contributed by atoms with van der Waals surface area (Å²) in [6.07, 6.45) is -2.39. The molecule has 2 aromatic rings. The fourth-order valence-electron chi connectivity index (χ4n) is 1.69. The quantitative estimate of drug-likeness (QED) is 0.906. The number of carboxylic acid groups (broad SMARTS) is 1. The minimum Gasteiger partial charge on any atom is -0.478 e. The van der Waals surface area contributed by atoms with Gasteiger partial charge in [0.2, 0.25) is 0 Å². The van der Waals surface area contributed by atoms with Gasteiger partial charge in [-0.3, -0.25) is 4.98 Å². The van der Waals surface area contributed by atoms with Gasteiger partial charge in [0, 0.05) is 18.0 Å². The van der Waals surface area contributed by atoms with Crippen molar-refractivity contribution in [3.8, 4) is 11.1 Å². The molecule has 2 rings (SSSR count). The lowest BCUT2D eigenvalue weighted by molar-refractivity contribution is -0.137. The van der Waals surface area contributed by atoms with E-state index in [4.69, 9.17) is 5.11 Å². The second kappa shape index (κ2) is 4.72. The van der Waals surface area contributed by atoms with Gasteiger partial charge in [-0.2, -0.15) is 13.2 Å². The number of carbonyl (C=O) groups is 1. The van der Waals surface area contributed by atoms with E-state index in [-0.39, 0.29) is 16.7 Å². The van der Waals surface area contributed by atoms with Crippen molar-refractivity contribution in [3.63, 3.8) is 0 Å². The Hall–Kier alpha value is -2.37. The zero-order valence-electron chi connectivity index (χ0n) is 9.48. The minimum atomic E-state index is -4.52. The number of rotatable bonds is 2. The van der Waals surface area contributed by atoms with Crippen LogP contribution in [0, 0.1) is 0 Å². The van der Waals surface area contributed by atoms with Gasteiger partial charge < -0.3 is 5.11 Å². The lowest BCUT2D eigenvalue weighted by Gasteiger charge is -2.12. The van der Waals surface area contributed by atoms with Crippen LogP contribution in [-0.2, 0) is 6.18 Å². The average molecular weight is 267 g/mol. The standard InChI is InChI=1S/C13H8F3NO2/c14-13(15,16)11-4-5-17-7-10(11)8-2-1-3-9(6-8)12(18)19/h1-7H,(H,18,19). The van der Waals surface area contributed by atoms with Crippen LogP contribution in [0.2, 0.25) is 0 Å². The van der Waals surface area contributed by atoms with Crippen LogP contribution in [0.1, 0.15) is 15.9 Å². The molecule has 19 heavy (non-hydrogen) atoms. The zero-order valence-corrected chi connectivity index (χ0v) is 9.48. The van der Waals surface area contributed by atoms with Crippen LogP contribution in [0.4, 0.5) is 13.2 Å². The number of halogens is 3. The Bertz CT molecular complexity index is 623. The third-order valence-corrected chi connectivity index (χ3v) is 2.55. The van der Waals surface area contributed by atoms with Crippen LogP contribution < -0.4 is 0 Å². The molecule has 1 N–H and O–H groups in total. The van der Waals surface area contributed by atoms with Gasteiger partial charge in [-0.25, -0.2) is 4.79 Å². The number of hydrogen-bond donors (Lipinski definition) is 1. The molecule has 0 amide bonds. The highest BCUT2D eigenvalue weighted by molar-refractivity contribution is 5.89. The van der Waals surface area contributed by atoms with E-state index in [9.17, 15) is 18.0 Å². The van der Waals surface area contributed by atoms with Gasteiger partial charge in [0.05, 0.1) is 11.1 Å². The largest absolute Gasteiger partial charge is 0.478 e. The molecule has 0 atom stereocenters. The monoisotopic (exact) mass is 267 g/mol. The highest BCUT2D eigenvalue weighted by Gasteiger charge is 2.33. The zero-order chi connectivity index (χ0) is 14.0. The number of aromatic nitrogens is 1. The molecule has 6 heteroatoms. The molecule has 0 aliphatic heterocycles. The van der Waals surface area contributed by atoms with Gasteiger partial charge >= 0.3 is 12.1 Å². The van der Waals surface area contributed by atoms with E-state index >= 15 is 0 Å². The van der Waals surface area contributed by atoms with E-state index < -0.39 is 17.7 Å². The average Bonchev–Trinajstić information content (AvgIpc) is 2.38. The van der Waals surface area contributed by atoms with Crippen molar-refractivity contribution in [3.05, 3.63) is 53.9 Å². The Morgan fingerprint density at radius 3 is 2.58 bits per heavy atom. The number of pyridine rings is 1. The normalized spacial score (nSPS) is 11.3. The van der Waals surface area contributed by atoms with Crippen LogP contribution >= 0.6 is 0 Å². The predicted molar refractivity (Wildman–Crippen MR) is 61.6 cm³/mol. The molecular weight excluding hydrogens is 259 g/mol. The summed E-state index contributed by atoms with van der Waals surface area (Å²) < 4.78 is 38.5. The smallest absolute Gasteiger partial charge is 0.417 e. The molecule has 3 nitrogen and oxygen atoms in total. The first-order chi connectivity index (χ1) is 8.89. The van der Waals surface area contributed by atoms with E-state index in [2.05, 4.69) is 4.98 Å². The molecule has 0 aliphatic rings. The van der Waals surface area contributed by atoms with Gasteiger partial charge in [0.25, 0.3) is 0 Å². The van der Waals surface area contributed by atoms with Crippen molar-refractivity contribution in [2.75, 3.05) is 0 Å². The number of benzene rings is 1. The molecule has 0 bridgehead atoms. The molecule has 98 valence electrons. The molecule has 0 spiro atoms. The van der Waals surface area contributed by atoms with Crippen LogP contribution in [0.25, 0.3) is 11.1 Å². The van der Waals surface area contributed by atoms with Crippen LogP contribution in [0.5, 0.6) is 0 Å². The third-order valence-electron chi connectivity index (χ3n) is 2.55. The Morgan fingerprint density at radius 2 is 1.95 bits per heavy atom. The topological polar surface area (TPSA) is 50.2 Å². The highest BCUT2D eigenvalue weighted by Crippen LogP contribution is 2.36. The van der Waals surface area contributed by atoms with Crippen molar-refractivity contribution in [1.82, 2.24) is 4.98 Å².